The van der Waals surface area contributed by atoms with Gasteiger partial charge in [0.1, 0.15) is 5.25 Å². The summed E-state index contributed by atoms with van der Waals surface area (Å²) >= 11 is 1.53. The smallest absolute Gasteiger partial charge is 0.334 e. The molecular weight excluding hydrogens is 304 g/mol. The van der Waals surface area contributed by atoms with Crippen LogP contribution in [0.3, 0.4) is 0 Å². The molecule has 0 bridgehead atoms. The summed E-state index contributed by atoms with van der Waals surface area (Å²) in [6.07, 6.45) is 0. The number of carboxylic acid groups (broad SMARTS) is 1. The van der Waals surface area contributed by atoms with Gasteiger partial charge in [0.05, 0.1) is 5.37 Å². The van der Waals surface area contributed by atoms with Gasteiger partial charge in [0.2, 0.25) is 0 Å². The Kier molecular flexibility index (Phi) is 3.55. The van der Waals surface area contributed by atoms with Crippen molar-refractivity contribution in [3.05, 3.63) is 51.2 Å². The minimum Gasteiger partial charge on any atom is -0.478 e. The zero-order valence-electron chi connectivity index (χ0n) is 11.6. The lowest BCUT2D eigenvalue weighted by molar-refractivity contribution is -0.128. The summed E-state index contributed by atoms with van der Waals surface area (Å²) in [5.74, 6) is -0.936. The molecule has 1 aliphatic heterocycles. The van der Waals surface area contributed by atoms with E-state index < -0.39 is 16.5 Å². The van der Waals surface area contributed by atoms with Gasteiger partial charge in [0.15, 0.2) is 5.78 Å². The van der Waals surface area contributed by atoms with Crippen LogP contribution in [0.5, 0.6) is 0 Å². The Morgan fingerprint density at radius 3 is 2.67 bits per heavy atom. The van der Waals surface area contributed by atoms with Crippen LogP contribution in [-0.4, -0.2) is 22.2 Å². The van der Waals surface area contributed by atoms with Crippen LogP contribution in [0, 0.1) is 13.8 Å². The number of aliphatic carboxylic acids is 1. The molecule has 1 aliphatic rings. The summed E-state index contributed by atoms with van der Waals surface area (Å²) in [5, 5.41) is 12.1. The molecule has 0 amide bonds. The number of Topliss-reactive ketones (excluding diaryl/α,β-unsaturated/α-hetero) is 1. The van der Waals surface area contributed by atoms with E-state index in [1.807, 2.05) is 43.5 Å². The molecule has 3 nitrogen and oxygen atoms in total. The number of carbonyl (C=O) groups excluding carboxylic acids is 1. The maximum Gasteiger partial charge on any atom is 0.334 e. The lowest BCUT2D eigenvalue weighted by Crippen LogP contribution is -2.05. The lowest BCUT2D eigenvalue weighted by atomic mass is 10.1. The molecule has 2 heterocycles. The van der Waals surface area contributed by atoms with E-state index in [0.29, 0.717) is 5.56 Å². The summed E-state index contributed by atoms with van der Waals surface area (Å²) in [6, 6.07) is 7.69. The maximum absolute atomic E-state index is 12.8. The minimum atomic E-state index is -0.974. The van der Waals surface area contributed by atoms with Crippen LogP contribution in [0.25, 0.3) is 0 Å². The molecule has 108 valence electrons. The summed E-state index contributed by atoms with van der Waals surface area (Å²) in [5.41, 5.74) is 2.80. The number of benzene rings is 1. The highest BCUT2D eigenvalue weighted by Crippen LogP contribution is 2.52. The average molecular weight is 318 g/mol. The second-order valence-electron chi connectivity index (χ2n) is 5.10. The van der Waals surface area contributed by atoms with E-state index >= 15 is 0 Å². The Morgan fingerprint density at radius 2 is 2.05 bits per heavy atom. The number of ketones is 1. The van der Waals surface area contributed by atoms with Crippen molar-refractivity contribution in [2.75, 3.05) is 0 Å². The van der Waals surface area contributed by atoms with Gasteiger partial charge in [-0.05, 0) is 43.0 Å². The van der Waals surface area contributed by atoms with E-state index in [0.717, 1.165) is 20.9 Å². The van der Waals surface area contributed by atoms with Crippen LogP contribution >= 0.6 is 21.8 Å². The van der Waals surface area contributed by atoms with Crippen LogP contribution in [-0.2, 0) is 4.79 Å². The third-order valence-corrected chi connectivity index (χ3v) is 6.94. The van der Waals surface area contributed by atoms with Crippen molar-refractivity contribution in [1.82, 2.24) is 0 Å². The quantitative estimate of drug-likeness (QED) is 0.857. The Balaban J connectivity index is 2.21. The molecule has 3 rings (SSSR count). The van der Waals surface area contributed by atoms with Crippen LogP contribution in [0.15, 0.2) is 34.5 Å². The van der Waals surface area contributed by atoms with Crippen molar-refractivity contribution >= 4 is 38.9 Å². The molecule has 0 spiro atoms. The van der Waals surface area contributed by atoms with Crippen LogP contribution in [0.1, 0.15) is 31.6 Å². The molecule has 1 aromatic heterocycles. The first-order valence-electron chi connectivity index (χ1n) is 6.47. The first-order chi connectivity index (χ1) is 9.97. The van der Waals surface area contributed by atoms with E-state index in [1.165, 1.54) is 16.7 Å². The zero-order chi connectivity index (χ0) is 15.1. The van der Waals surface area contributed by atoms with Crippen molar-refractivity contribution in [3.63, 3.8) is 0 Å². The zero-order valence-corrected chi connectivity index (χ0v) is 13.3. The van der Waals surface area contributed by atoms with Gasteiger partial charge in [0.25, 0.3) is 0 Å². The number of hydrogen-bond donors (Lipinski definition) is 1. The van der Waals surface area contributed by atoms with Gasteiger partial charge in [0, 0.05) is 15.3 Å². The highest BCUT2D eigenvalue weighted by atomic mass is 32.2. The van der Waals surface area contributed by atoms with Gasteiger partial charge in [-0.2, -0.15) is 0 Å². The second kappa shape index (κ2) is 5.24. The Hall–Kier alpha value is -1.72. The van der Waals surface area contributed by atoms with Gasteiger partial charge in [-0.1, -0.05) is 11.6 Å². The number of thiophene rings is 1. The van der Waals surface area contributed by atoms with Crippen LogP contribution in [0.4, 0.5) is 0 Å². The Labute approximate surface area is 129 Å². The predicted molar refractivity (Wildman–Crippen MR) is 86.9 cm³/mol. The van der Waals surface area contributed by atoms with Crippen LogP contribution < -0.4 is 0 Å². The molecule has 1 N–H and O–H groups in total. The largest absolute Gasteiger partial charge is 0.478 e. The fraction of sp³-hybridized carbons (Fsp3) is 0.188. The number of carboxylic acids is 1. The molecule has 21 heavy (non-hydrogen) atoms. The van der Waals surface area contributed by atoms with Crippen molar-refractivity contribution < 1.29 is 14.7 Å². The molecule has 0 saturated carbocycles. The van der Waals surface area contributed by atoms with Gasteiger partial charge >= 0.3 is 5.97 Å². The minimum absolute atomic E-state index is 0.0383. The predicted octanol–water partition coefficient (Wildman–Crippen LogP) is 3.82. The number of fused-ring (bicyclic) bond motifs is 1. The Bertz CT molecular complexity index is 787. The summed E-state index contributed by atoms with van der Waals surface area (Å²) in [7, 11) is -0.710. The standard InChI is InChI=1S/C16H14O3S2/c1-9-3-4-13-11(5-9)15(19)16(21(13)8-14(17)18)12-6-10(2)7-20-12/h3-8,16H,1-2H3,(H,17,18). The lowest BCUT2D eigenvalue weighted by Gasteiger charge is -2.09. The first-order valence-corrected chi connectivity index (χ1v) is 8.70. The molecule has 0 saturated heterocycles. The number of carbonyl (C=O) groups is 2. The number of hydrogen-bond acceptors (Lipinski definition) is 3. The van der Waals surface area contributed by atoms with E-state index in [1.54, 1.807) is 0 Å². The summed E-state index contributed by atoms with van der Waals surface area (Å²) in [4.78, 5) is 25.7. The second-order valence-corrected chi connectivity index (χ2v) is 7.93. The normalized spacial score (nSPS) is 20.8. The van der Waals surface area contributed by atoms with E-state index in [4.69, 9.17) is 5.11 Å². The summed E-state index contributed by atoms with van der Waals surface area (Å²) in [6.45, 7) is 3.92. The monoisotopic (exact) mass is 318 g/mol. The SMILES string of the molecule is Cc1csc(C2C(=O)c3cc(C)ccc3S2=CC(=O)O)c1. The highest BCUT2D eigenvalue weighted by Gasteiger charge is 2.36. The van der Waals surface area contributed by atoms with Crippen molar-refractivity contribution in [2.24, 2.45) is 0 Å². The molecule has 2 aromatic rings. The van der Waals surface area contributed by atoms with Gasteiger partial charge in [-0.15, -0.1) is 21.8 Å². The average Bonchev–Trinajstić information content (AvgIpc) is 2.93. The van der Waals surface area contributed by atoms with E-state index in [-0.39, 0.29) is 11.0 Å². The molecular formula is C16H14O3S2. The highest BCUT2D eigenvalue weighted by molar-refractivity contribution is 8.17. The van der Waals surface area contributed by atoms with Crippen molar-refractivity contribution in [3.8, 4) is 0 Å². The van der Waals surface area contributed by atoms with Gasteiger partial charge in [-0.3, -0.25) is 4.79 Å². The molecule has 0 fully saturated rings. The number of rotatable bonds is 2. The molecule has 0 radical (unpaired) electrons. The molecule has 5 heteroatoms. The van der Waals surface area contributed by atoms with Gasteiger partial charge < -0.3 is 5.11 Å². The molecule has 2 unspecified atom stereocenters. The molecule has 0 aliphatic carbocycles. The topological polar surface area (TPSA) is 54.4 Å². The van der Waals surface area contributed by atoms with Gasteiger partial charge in [-0.25, -0.2) is 4.79 Å². The molecule has 1 aromatic carbocycles. The molecule has 2 atom stereocenters. The number of aryl methyl sites for hydroxylation is 2. The van der Waals surface area contributed by atoms with Crippen molar-refractivity contribution in [1.29, 1.82) is 0 Å². The third-order valence-electron chi connectivity index (χ3n) is 3.38. The fourth-order valence-electron chi connectivity index (χ4n) is 2.51. The third kappa shape index (κ3) is 2.47. The fourth-order valence-corrected chi connectivity index (χ4v) is 5.91. The first kappa shape index (κ1) is 14.2. The summed E-state index contributed by atoms with van der Waals surface area (Å²) < 4.78 is 0. The van der Waals surface area contributed by atoms with Crippen molar-refractivity contribution in [2.45, 2.75) is 24.0 Å². The Morgan fingerprint density at radius 1 is 1.29 bits per heavy atom. The maximum atomic E-state index is 12.8. The van der Waals surface area contributed by atoms with E-state index in [9.17, 15) is 9.59 Å². The van der Waals surface area contributed by atoms with Crippen LogP contribution in [0.2, 0.25) is 0 Å². The van der Waals surface area contributed by atoms with E-state index in [2.05, 4.69) is 0 Å².